The van der Waals surface area contributed by atoms with Crippen molar-refractivity contribution in [1.29, 1.82) is 0 Å². The van der Waals surface area contributed by atoms with Gasteiger partial charge in [-0.15, -0.1) is 24.8 Å². The first-order valence-electron chi connectivity index (χ1n) is 11.7. The highest BCUT2D eigenvalue weighted by Gasteiger charge is 2.25. The highest BCUT2D eigenvalue weighted by atomic mass is 35.5. The minimum absolute atomic E-state index is 0. The summed E-state index contributed by atoms with van der Waals surface area (Å²) < 4.78 is 6.81. The number of rotatable bonds is 3. The van der Waals surface area contributed by atoms with E-state index < -0.39 is 23.2 Å². The van der Waals surface area contributed by atoms with E-state index in [1.54, 1.807) is 0 Å². The van der Waals surface area contributed by atoms with E-state index in [9.17, 15) is 14.7 Å². The molecule has 36 heavy (non-hydrogen) atoms. The lowest BCUT2D eigenvalue weighted by molar-refractivity contribution is 0.142. The average molecular weight is 539 g/mol. The third-order valence-corrected chi connectivity index (χ3v) is 7.14. The lowest BCUT2D eigenvalue weighted by atomic mass is 9.99. The number of carboxylic acid groups (broad SMARTS) is 1. The Morgan fingerprint density at radius 2 is 1.83 bits per heavy atom. The predicted molar refractivity (Wildman–Crippen MR) is 143 cm³/mol. The molecule has 5 rings (SSSR count). The van der Waals surface area contributed by atoms with E-state index in [1.165, 1.54) is 5.69 Å². The number of hydrogen-bond donors (Lipinski definition) is 3. The van der Waals surface area contributed by atoms with Crippen molar-refractivity contribution in [2.45, 2.75) is 32.2 Å². The zero-order valence-corrected chi connectivity index (χ0v) is 22.0. The maximum absolute atomic E-state index is 12.5. The molecular weight excluding hydrogens is 507 g/mol. The fraction of sp³-hybridized carbons (Fsp3) is 0.440. The first-order valence-corrected chi connectivity index (χ1v) is 11.7. The summed E-state index contributed by atoms with van der Waals surface area (Å²) in [5.41, 5.74) is 4.63. The average Bonchev–Trinajstić information content (AvgIpc) is 2.93. The van der Waals surface area contributed by atoms with Crippen LogP contribution in [0.15, 0.2) is 23.0 Å². The Labute approximate surface area is 221 Å². The molecule has 11 heteroatoms. The van der Waals surface area contributed by atoms with E-state index in [4.69, 9.17) is 5.11 Å². The molecule has 1 aliphatic heterocycles. The summed E-state index contributed by atoms with van der Waals surface area (Å²) >= 11 is 0. The van der Waals surface area contributed by atoms with Crippen LogP contribution in [0.2, 0.25) is 0 Å². The lowest BCUT2D eigenvalue weighted by Gasteiger charge is -2.20. The Balaban J connectivity index is 0.00000180. The first-order chi connectivity index (χ1) is 16.3. The van der Waals surface area contributed by atoms with Gasteiger partial charge in [0.2, 0.25) is 5.75 Å². The van der Waals surface area contributed by atoms with Gasteiger partial charge in [-0.05, 0) is 69.6 Å². The molecule has 1 fully saturated rings. The van der Waals surface area contributed by atoms with E-state index >= 15 is 0 Å². The van der Waals surface area contributed by atoms with Crippen molar-refractivity contribution in [3.05, 3.63) is 45.4 Å². The standard InChI is InChI=1S/C25H30N4O5.2ClH/c1-27-7-4-8-29(10-9-27)14-17-11-16-12-19-15(13-20(16)28(17)2)5-3-6-18-21(19)26-24(31)23(22(18)30)34-25(32)33;;/h11-13H,3-10,14H2,1-2H3,(H,32,33)(H2,26,30,31);2*1H. The van der Waals surface area contributed by atoms with Crippen LogP contribution < -0.4 is 10.3 Å². The molecule has 0 radical (unpaired) electrons. The van der Waals surface area contributed by atoms with E-state index in [2.05, 4.69) is 56.4 Å². The first kappa shape index (κ1) is 27.9. The maximum atomic E-state index is 12.5. The highest BCUT2D eigenvalue weighted by molar-refractivity contribution is 5.89. The van der Waals surface area contributed by atoms with Gasteiger partial charge in [-0.2, -0.15) is 0 Å². The summed E-state index contributed by atoms with van der Waals surface area (Å²) in [5, 5.41) is 20.7. The molecule has 0 unspecified atom stereocenters. The van der Waals surface area contributed by atoms with Gasteiger partial charge in [-0.25, -0.2) is 4.79 Å². The Bertz CT molecular complexity index is 1340. The molecule has 2 aromatic heterocycles. The number of halogens is 2. The Kier molecular flexibility index (Phi) is 8.61. The van der Waals surface area contributed by atoms with Crippen LogP contribution in [0, 0.1) is 0 Å². The predicted octanol–water partition coefficient (Wildman–Crippen LogP) is 3.77. The summed E-state index contributed by atoms with van der Waals surface area (Å²) in [6.07, 6.45) is 1.58. The molecule has 3 aromatic rings. The summed E-state index contributed by atoms with van der Waals surface area (Å²) in [6, 6.07) is 6.45. The third kappa shape index (κ3) is 5.20. The van der Waals surface area contributed by atoms with Crippen molar-refractivity contribution in [2.75, 3.05) is 33.2 Å². The zero-order chi connectivity index (χ0) is 24.0. The van der Waals surface area contributed by atoms with Crippen LogP contribution in [0.25, 0.3) is 22.2 Å². The van der Waals surface area contributed by atoms with Crippen molar-refractivity contribution in [3.63, 3.8) is 0 Å². The molecule has 1 aliphatic carbocycles. The van der Waals surface area contributed by atoms with Gasteiger partial charge in [0.15, 0.2) is 5.75 Å². The summed E-state index contributed by atoms with van der Waals surface area (Å²) in [5.74, 6) is -0.963. The molecule has 2 aliphatic rings. The number of fused-ring (bicyclic) bond motifs is 4. The minimum Gasteiger partial charge on any atom is -0.504 e. The maximum Gasteiger partial charge on any atom is 0.511 e. The van der Waals surface area contributed by atoms with E-state index in [0.29, 0.717) is 17.7 Å². The minimum atomic E-state index is -1.63. The van der Waals surface area contributed by atoms with Gasteiger partial charge >= 0.3 is 6.16 Å². The van der Waals surface area contributed by atoms with Gasteiger partial charge in [-0.1, -0.05) is 0 Å². The van der Waals surface area contributed by atoms with Crippen molar-refractivity contribution in [1.82, 2.24) is 19.4 Å². The second-order valence-corrected chi connectivity index (χ2v) is 9.40. The molecule has 9 nitrogen and oxygen atoms in total. The van der Waals surface area contributed by atoms with Crippen LogP contribution >= 0.6 is 24.8 Å². The van der Waals surface area contributed by atoms with Crippen molar-refractivity contribution in [3.8, 4) is 22.8 Å². The van der Waals surface area contributed by atoms with Crippen LogP contribution in [0.5, 0.6) is 11.5 Å². The van der Waals surface area contributed by atoms with Crippen molar-refractivity contribution in [2.24, 2.45) is 7.05 Å². The fourth-order valence-corrected chi connectivity index (χ4v) is 5.28. The molecule has 0 amide bonds. The Hall–Kier alpha value is -2.72. The number of nitrogens with one attached hydrogen (secondary N) is 1. The molecule has 1 saturated heterocycles. The van der Waals surface area contributed by atoms with Crippen LogP contribution in [-0.4, -0.2) is 68.9 Å². The number of hydrogen-bond acceptors (Lipinski definition) is 6. The van der Waals surface area contributed by atoms with Crippen LogP contribution in [0.3, 0.4) is 0 Å². The van der Waals surface area contributed by atoms with Gasteiger partial charge in [-0.3, -0.25) is 9.69 Å². The molecule has 196 valence electrons. The second-order valence-electron chi connectivity index (χ2n) is 9.40. The van der Waals surface area contributed by atoms with Gasteiger partial charge in [0.1, 0.15) is 0 Å². The van der Waals surface area contributed by atoms with E-state index in [-0.39, 0.29) is 24.8 Å². The second kappa shape index (κ2) is 11.1. The van der Waals surface area contributed by atoms with Gasteiger partial charge in [0.25, 0.3) is 5.56 Å². The number of likely N-dealkylation sites (N-methyl/N-ethyl adjacent to an activating group) is 1. The Morgan fingerprint density at radius 1 is 1.06 bits per heavy atom. The molecule has 3 heterocycles. The highest BCUT2D eigenvalue weighted by Crippen LogP contribution is 2.40. The SMILES string of the molecule is CN1CCCN(Cc2cc3cc4c(cc3n2C)CCCc2c-4[nH]c(=O)c(OC(=O)O)c2O)CC1.Cl.Cl. The van der Waals surface area contributed by atoms with Crippen LogP contribution in [0.4, 0.5) is 4.79 Å². The van der Waals surface area contributed by atoms with E-state index in [0.717, 1.165) is 74.0 Å². The van der Waals surface area contributed by atoms with Gasteiger partial charge in [0.05, 0.1) is 5.69 Å². The summed E-state index contributed by atoms with van der Waals surface area (Å²) in [6.45, 7) is 5.20. The largest absolute Gasteiger partial charge is 0.511 e. The number of benzene rings is 1. The number of aromatic nitrogens is 2. The smallest absolute Gasteiger partial charge is 0.504 e. The molecule has 0 atom stereocenters. The number of nitrogens with zero attached hydrogens (tertiary/aromatic N) is 3. The Morgan fingerprint density at radius 3 is 2.58 bits per heavy atom. The molecule has 0 bridgehead atoms. The fourth-order valence-electron chi connectivity index (χ4n) is 5.28. The number of pyridine rings is 1. The number of aromatic amines is 1. The topological polar surface area (TPSA) is 111 Å². The molecule has 3 N–H and O–H groups in total. The normalized spacial score (nSPS) is 16.2. The van der Waals surface area contributed by atoms with Crippen molar-refractivity contribution >= 4 is 41.9 Å². The molecular formula is C25H32Cl2N4O5. The number of aryl methyl sites for hydroxylation is 2. The molecule has 0 saturated carbocycles. The van der Waals surface area contributed by atoms with Crippen LogP contribution in [0.1, 0.15) is 29.7 Å². The summed E-state index contributed by atoms with van der Waals surface area (Å²) in [7, 11) is 4.27. The van der Waals surface area contributed by atoms with Crippen molar-refractivity contribution < 1.29 is 19.7 Å². The monoisotopic (exact) mass is 538 g/mol. The van der Waals surface area contributed by atoms with Crippen LogP contribution in [-0.2, 0) is 26.4 Å². The number of carbonyl (C=O) groups is 1. The number of aromatic hydroxyl groups is 1. The van der Waals surface area contributed by atoms with Gasteiger partial charge < -0.3 is 29.4 Å². The lowest BCUT2D eigenvalue weighted by Crippen LogP contribution is -2.29. The summed E-state index contributed by atoms with van der Waals surface area (Å²) in [4.78, 5) is 31.2. The quantitative estimate of drug-likeness (QED) is 0.435. The molecule has 0 spiro atoms. The zero-order valence-electron chi connectivity index (χ0n) is 20.4. The van der Waals surface area contributed by atoms with Gasteiger partial charge in [0, 0.05) is 54.4 Å². The van der Waals surface area contributed by atoms with E-state index in [1.807, 2.05) is 0 Å². The number of ether oxygens (including phenoxy) is 1. The number of H-pyrrole nitrogens is 1. The molecule has 1 aromatic carbocycles. The third-order valence-electron chi connectivity index (χ3n) is 7.14.